The fourth-order valence-electron chi connectivity index (χ4n) is 4.86. The van der Waals surface area contributed by atoms with Crippen LogP contribution < -0.4 is 10.6 Å². The van der Waals surface area contributed by atoms with Crippen molar-refractivity contribution in [2.45, 2.75) is 44.5 Å². The smallest absolute Gasteiger partial charge is 0.181 e. The molecule has 1 atom stereocenters. The predicted molar refractivity (Wildman–Crippen MR) is 149 cm³/mol. The Bertz CT molecular complexity index is 1110. The number of piperidine rings is 1. The molecule has 1 aliphatic heterocycles. The van der Waals surface area contributed by atoms with Gasteiger partial charge in [0.05, 0.1) is 0 Å². The van der Waals surface area contributed by atoms with Gasteiger partial charge in [0.25, 0.3) is 0 Å². The van der Waals surface area contributed by atoms with Crippen LogP contribution in [0.5, 0.6) is 0 Å². The molecule has 4 nitrogen and oxygen atoms in total. The molecule has 0 amide bonds. The second-order valence-corrected chi connectivity index (χ2v) is 10.9. The summed E-state index contributed by atoms with van der Waals surface area (Å²) in [5.41, 5.74) is 4.09. The Balaban J connectivity index is 1.52. The lowest BCUT2D eigenvalue weighted by Crippen LogP contribution is -2.52. The highest BCUT2D eigenvalue weighted by Crippen LogP contribution is 2.37. The molecule has 3 aromatic rings. The maximum atomic E-state index is 10.7. The number of halogens is 3. The van der Waals surface area contributed by atoms with E-state index in [0.717, 1.165) is 42.1 Å². The normalized spacial score (nSPS) is 16.9. The average Bonchev–Trinajstić information content (AvgIpc) is 2.82. The van der Waals surface area contributed by atoms with Crippen molar-refractivity contribution in [1.82, 2.24) is 10.2 Å². The maximum Gasteiger partial charge on any atom is 0.181 e. The summed E-state index contributed by atoms with van der Waals surface area (Å²) in [5, 5.41) is 18.8. The standard InChI is InChI=1S/C28H32Cl3N3O/c1-19(2)34-12-10-28(11-13-34,18-32-27(35)33-26-16-24(30)15-25(31)17-26)22-8-6-20(7-9-22)21-4-3-5-23(29)14-21/h3-9,14-17,19,27,32-33,35H,10-13,18H2,1-2H3. The van der Waals surface area contributed by atoms with Crippen LogP contribution in [-0.2, 0) is 5.41 Å². The fraction of sp³-hybridized carbons (Fsp3) is 0.357. The van der Waals surface area contributed by atoms with Gasteiger partial charge in [0, 0.05) is 38.8 Å². The Morgan fingerprint density at radius 3 is 2.11 bits per heavy atom. The largest absolute Gasteiger partial charge is 0.361 e. The monoisotopic (exact) mass is 531 g/mol. The zero-order chi connectivity index (χ0) is 25.0. The first kappa shape index (κ1) is 26.3. The van der Waals surface area contributed by atoms with Crippen LogP contribution in [0.4, 0.5) is 5.69 Å². The van der Waals surface area contributed by atoms with Crippen LogP contribution >= 0.6 is 34.8 Å². The first-order chi connectivity index (χ1) is 16.7. The topological polar surface area (TPSA) is 47.5 Å². The molecular formula is C28H32Cl3N3O. The van der Waals surface area contributed by atoms with Crippen molar-refractivity contribution in [3.05, 3.63) is 87.4 Å². The Morgan fingerprint density at radius 2 is 1.51 bits per heavy atom. The number of likely N-dealkylation sites (tertiary alicyclic amines) is 1. The van der Waals surface area contributed by atoms with Gasteiger partial charge in [-0.1, -0.05) is 71.2 Å². The molecule has 1 aliphatic rings. The molecule has 0 aliphatic carbocycles. The molecule has 3 aromatic carbocycles. The number of nitrogens with zero attached hydrogens (tertiary/aromatic N) is 1. The number of anilines is 1. The van der Waals surface area contributed by atoms with E-state index in [0.29, 0.717) is 28.3 Å². The lowest BCUT2D eigenvalue weighted by molar-refractivity contribution is 0.105. The molecule has 0 radical (unpaired) electrons. The molecule has 4 rings (SSSR count). The van der Waals surface area contributed by atoms with Crippen LogP contribution in [0.3, 0.4) is 0 Å². The number of hydrogen-bond acceptors (Lipinski definition) is 4. The Labute approximate surface area is 223 Å². The van der Waals surface area contributed by atoms with Gasteiger partial charge < -0.3 is 15.3 Å². The number of hydrogen-bond donors (Lipinski definition) is 3. The van der Waals surface area contributed by atoms with E-state index < -0.39 is 6.35 Å². The van der Waals surface area contributed by atoms with E-state index in [9.17, 15) is 5.11 Å². The molecule has 1 fully saturated rings. The Kier molecular flexibility index (Phi) is 8.64. The van der Waals surface area contributed by atoms with Crippen LogP contribution in [0.25, 0.3) is 11.1 Å². The highest BCUT2D eigenvalue weighted by molar-refractivity contribution is 6.35. The molecule has 1 saturated heterocycles. The minimum Gasteiger partial charge on any atom is -0.361 e. The van der Waals surface area contributed by atoms with Gasteiger partial charge in [0.2, 0.25) is 0 Å². The van der Waals surface area contributed by atoms with E-state index in [2.05, 4.69) is 59.7 Å². The van der Waals surface area contributed by atoms with E-state index in [1.54, 1.807) is 18.2 Å². The second-order valence-electron chi connectivity index (χ2n) is 9.58. The van der Waals surface area contributed by atoms with Crippen molar-refractivity contribution in [3.8, 4) is 11.1 Å². The summed E-state index contributed by atoms with van der Waals surface area (Å²) in [6.07, 6.45) is 1.07. The number of benzene rings is 3. The van der Waals surface area contributed by atoms with Crippen LogP contribution in [0.2, 0.25) is 15.1 Å². The Hall–Kier alpha value is -1.79. The molecule has 1 unspecified atom stereocenters. The van der Waals surface area contributed by atoms with E-state index in [4.69, 9.17) is 34.8 Å². The first-order valence-corrected chi connectivity index (χ1v) is 13.1. The van der Waals surface area contributed by atoms with Gasteiger partial charge >= 0.3 is 0 Å². The van der Waals surface area contributed by atoms with Gasteiger partial charge in [0.1, 0.15) is 0 Å². The summed E-state index contributed by atoms with van der Waals surface area (Å²) >= 11 is 18.4. The van der Waals surface area contributed by atoms with Gasteiger partial charge in [-0.25, -0.2) is 0 Å². The third kappa shape index (κ3) is 6.71. The minimum atomic E-state index is -0.935. The average molecular weight is 533 g/mol. The molecule has 0 spiro atoms. The Morgan fingerprint density at radius 1 is 0.857 bits per heavy atom. The highest BCUT2D eigenvalue weighted by Gasteiger charge is 2.37. The molecule has 0 aromatic heterocycles. The zero-order valence-electron chi connectivity index (χ0n) is 20.1. The highest BCUT2D eigenvalue weighted by atomic mass is 35.5. The van der Waals surface area contributed by atoms with E-state index in [1.165, 1.54) is 5.56 Å². The van der Waals surface area contributed by atoms with Gasteiger partial charge in [-0.2, -0.15) is 0 Å². The van der Waals surface area contributed by atoms with Crippen molar-refractivity contribution in [2.24, 2.45) is 0 Å². The molecular weight excluding hydrogens is 501 g/mol. The third-order valence-electron chi connectivity index (χ3n) is 6.94. The number of rotatable bonds is 8. The van der Waals surface area contributed by atoms with Crippen LogP contribution in [0.1, 0.15) is 32.3 Å². The predicted octanol–water partition coefficient (Wildman–Crippen LogP) is 7.03. The summed E-state index contributed by atoms with van der Waals surface area (Å²) in [4.78, 5) is 2.52. The van der Waals surface area contributed by atoms with Gasteiger partial charge in [-0.15, -0.1) is 0 Å². The first-order valence-electron chi connectivity index (χ1n) is 12.0. The summed E-state index contributed by atoms with van der Waals surface area (Å²) in [5.74, 6) is 0. The van der Waals surface area contributed by atoms with E-state index >= 15 is 0 Å². The molecule has 3 N–H and O–H groups in total. The molecule has 0 bridgehead atoms. The summed E-state index contributed by atoms with van der Waals surface area (Å²) in [6, 6.07) is 22.4. The number of aliphatic hydroxyl groups is 1. The van der Waals surface area contributed by atoms with Gasteiger partial charge in [-0.05, 0) is 86.8 Å². The molecule has 0 saturated carbocycles. The summed E-state index contributed by atoms with van der Waals surface area (Å²) < 4.78 is 0. The molecule has 186 valence electrons. The zero-order valence-corrected chi connectivity index (χ0v) is 22.3. The van der Waals surface area contributed by atoms with E-state index in [1.807, 2.05) is 18.2 Å². The third-order valence-corrected chi connectivity index (χ3v) is 7.61. The molecule has 7 heteroatoms. The fourth-order valence-corrected chi connectivity index (χ4v) is 5.57. The van der Waals surface area contributed by atoms with Crippen LogP contribution in [-0.4, -0.2) is 42.0 Å². The SMILES string of the molecule is CC(C)N1CCC(CNC(O)Nc2cc(Cl)cc(Cl)c2)(c2ccc(-c3cccc(Cl)c3)cc2)CC1. The van der Waals surface area contributed by atoms with E-state index in [-0.39, 0.29) is 5.41 Å². The van der Waals surface area contributed by atoms with Crippen molar-refractivity contribution in [1.29, 1.82) is 0 Å². The lowest BCUT2D eigenvalue weighted by Gasteiger charge is -2.44. The van der Waals surface area contributed by atoms with Gasteiger partial charge in [-0.3, -0.25) is 5.32 Å². The van der Waals surface area contributed by atoms with Crippen molar-refractivity contribution in [2.75, 3.05) is 25.0 Å². The van der Waals surface area contributed by atoms with Crippen LogP contribution in [0, 0.1) is 0 Å². The minimum absolute atomic E-state index is 0.0904. The lowest BCUT2D eigenvalue weighted by atomic mass is 9.72. The summed E-state index contributed by atoms with van der Waals surface area (Å²) in [6.45, 7) is 7.16. The van der Waals surface area contributed by atoms with Crippen LogP contribution in [0.15, 0.2) is 66.7 Å². The quantitative estimate of drug-likeness (QED) is 0.273. The van der Waals surface area contributed by atoms with Crippen molar-refractivity contribution < 1.29 is 5.11 Å². The van der Waals surface area contributed by atoms with Crippen molar-refractivity contribution in [3.63, 3.8) is 0 Å². The maximum absolute atomic E-state index is 10.7. The van der Waals surface area contributed by atoms with Crippen molar-refractivity contribution >= 4 is 40.5 Å². The molecule has 1 heterocycles. The number of nitrogens with one attached hydrogen (secondary N) is 2. The molecule has 35 heavy (non-hydrogen) atoms. The van der Waals surface area contributed by atoms with Gasteiger partial charge in [0.15, 0.2) is 6.35 Å². The second kappa shape index (κ2) is 11.5. The number of aliphatic hydroxyl groups excluding tert-OH is 1. The summed E-state index contributed by atoms with van der Waals surface area (Å²) in [7, 11) is 0.